The first-order chi connectivity index (χ1) is 8.63. The highest BCUT2D eigenvalue weighted by atomic mass is 16.2. The molecule has 1 aromatic rings. The number of nitrogens with one attached hydrogen (secondary N) is 2. The molecule has 1 aliphatic rings. The molecule has 2 amide bonds. The summed E-state index contributed by atoms with van der Waals surface area (Å²) in [6, 6.07) is 0. The fourth-order valence-electron chi connectivity index (χ4n) is 1.70. The minimum Gasteiger partial charge on any atom is -0.351 e. The number of carbonyl (C=O) groups excluding carboxylic acids is 2. The first-order valence-corrected chi connectivity index (χ1v) is 6.24. The van der Waals surface area contributed by atoms with Gasteiger partial charge in [-0.05, 0) is 19.3 Å². The van der Waals surface area contributed by atoms with Gasteiger partial charge < -0.3 is 10.6 Å². The molecule has 1 fully saturated rings. The van der Waals surface area contributed by atoms with E-state index in [1.165, 1.54) is 10.9 Å². The Morgan fingerprint density at radius 3 is 2.83 bits per heavy atom. The number of carbonyl (C=O) groups is 2. The van der Waals surface area contributed by atoms with Crippen molar-refractivity contribution in [2.24, 2.45) is 13.0 Å². The molecule has 6 nitrogen and oxygen atoms in total. The highest BCUT2D eigenvalue weighted by Crippen LogP contribution is 2.30. The molecule has 0 aliphatic heterocycles. The molecule has 0 saturated heterocycles. The van der Waals surface area contributed by atoms with Crippen molar-refractivity contribution in [2.45, 2.75) is 26.2 Å². The Morgan fingerprint density at radius 2 is 2.22 bits per heavy atom. The van der Waals surface area contributed by atoms with Crippen LogP contribution >= 0.6 is 0 Å². The molecule has 1 aliphatic carbocycles. The summed E-state index contributed by atoms with van der Waals surface area (Å²) in [6.07, 6.45) is 4.25. The molecule has 18 heavy (non-hydrogen) atoms. The number of rotatable bonds is 5. The SMILES string of the molecule is CCCNC(=O)c1c(NC(=O)C2CC2)cnn1C. The summed E-state index contributed by atoms with van der Waals surface area (Å²) in [6.45, 7) is 2.60. The third kappa shape index (κ3) is 2.69. The topological polar surface area (TPSA) is 76.0 Å². The number of nitrogens with zero attached hydrogens (tertiary/aromatic N) is 2. The van der Waals surface area contributed by atoms with Crippen LogP contribution in [0.1, 0.15) is 36.7 Å². The van der Waals surface area contributed by atoms with Gasteiger partial charge in [0.15, 0.2) is 0 Å². The largest absolute Gasteiger partial charge is 0.351 e. The van der Waals surface area contributed by atoms with Crippen molar-refractivity contribution in [1.82, 2.24) is 15.1 Å². The lowest BCUT2D eigenvalue weighted by Gasteiger charge is -2.07. The zero-order chi connectivity index (χ0) is 13.1. The number of aromatic nitrogens is 2. The van der Waals surface area contributed by atoms with Crippen molar-refractivity contribution in [2.75, 3.05) is 11.9 Å². The second-order valence-electron chi connectivity index (χ2n) is 4.55. The first kappa shape index (κ1) is 12.6. The van der Waals surface area contributed by atoms with Gasteiger partial charge in [-0.2, -0.15) is 5.10 Å². The lowest BCUT2D eigenvalue weighted by Crippen LogP contribution is -2.27. The summed E-state index contributed by atoms with van der Waals surface area (Å²) in [5, 5.41) is 9.57. The number of anilines is 1. The molecule has 98 valence electrons. The van der Waals surface area contributed by atoms with E-state index in [4.69, 9.17) is 0 Å². The van der Waals surface area contributed by atoms with Crippen molar-refractivity contribution >= 4 is 17.5 Å². The highest BCUT2D eigenvalue weighted by molar-refractivity contribution is 6.03. The van der Waals surface area contributed by atoms with Gasteiger partial charge in [0.1, 0.15) is 5.69 Å². The smallest absolute Gasteiger partial charge is 0.271 e. The van der Waals surface area contributed by atoms with Crippen LogP contribution in [-0.4, -0.2) is 28.1 Å². The zero-order valence-electron chi connectivity index (χ0n) is 10.7. The molecule has 1 saturated carbocycles. The Bertz CT molecular complexity index is 463. The summed E-state index contributed by atoms with van der Waals surface area (Å²) in [4.78, 5) is 23.6. The molecule has 6 heteroatoms. The molecule has 0 aromatic carbocycles. The Labute approximate surface area is 106 Å². The van der Waals surface area contributed by atoms with E-state index in [0.717, 1.165) is 19.3 Å². The summed E-state index contributed by atoms with van der Waals surface area (Å²) in [5.74, 6) is -0.118. The van der Waals surface area contributed by atoms with Gasteiger partial charge in [0, 0.05) is 19.5 Å². The fourth-order valence-corrected chi connectivity index (χ4v) is 1.70. The third-order valence-corrected chi connectivity index (χ3v) is 2.90. The molecule has 0 bridgehead atoms. The van der Waals surface area contributed by atoms with Gasteiger partial charge in [-0.15, -0.1) is 0 Å². The van der Waals surface area contributed by atoms with Crippen molar-refractivity contribution in [1.29, 1.82) is 0 Å². The van der Waals surface area contributed by atoms with E-state index in [0.29, 0.717) is 17.9 Å². The lowest BCUT2D eigenvalue weighted by atomic mass is 10.3. The Kier molecular flexibility index (Phi) is 3.64. The molecule has 0 unspecified atom stereocenters. The minimum atomic E-state index is -0.206. The molecule has 0 atom stereocenters. The Hall–Kier alpha value is -1.85. The Morgan fingerprint density at radius 1 is 1.50 bits per heavy atom. The number of aryl methyl sites for hydroxylation is 1. The fraction of sp³-hybridized carbons (Fsp3) is 0.583. The monoisotopic (exact) mass is 250 g/mol. The van der Waals surface area contributed by atoms with Crippen LogP contribution < -0.4 is 10.6 Å². The van der Waals surface area contributed by atoms with Crippen molar-refractivity contribution in [3.05, 3.63) is 11.9 Å². The predicted molar refractivity (Wildman–Crippen MR) is 67.2 cm³/mol. The zero-order valence-corrected chi connectivity index (χ0v) is 10.7. The Balaban J connectivity index is 2.10. The second kappa shape index (κ2) is 5.20. The predicted octanol–water partition coefficient (Wildman–Crippen LogP) is 0.908. The maximum Gasteiger partial charge on any atom is 0.271 e. The van der Waals surface area contributed by atoms with Crippen LogP contribution in [0.3, 0.4) is 0 Å². The average molecular weight is 250 g/mol. The summed E-state index contributed by atoms with van der Waals surface area (Å²) in [5.41, 5.74) is 0.889. The quantitative estimate of drug-likeness (QED) is 0.815. The van der Waals surface area contributed by atoms with Gasteiger partial charge in [-0.25, -0.2) is 0 Å². The van der Waals surface area contributed by atoms with Crippen molar-refractivity contribution in [3.63, 3.8) is 0 Å². The van der Waals surface area contributed by atoms with Gasteiger partial charge in [0.05, 0.1) is 11.9 Å². The molecule has 1 heterocycles. The molecule has 0 radical (unpaired) electrons. The van der Waals surface area contributed by atoms with Crippen LogP contribution in [0, 0.1) is 5.92 Å². The van der Waals surface area contributed by atoms with Gasteiger partial charge in [0.2, 0.25) is 5.91 Å². The van der Waals surface area contributed by atoms with Crippen LogP contribution in [-0.2, 0) is 11.8 Å². The summed E-state index contributed by atoms with van der Waals surface area (Å²) >= 11 is 0. The number of hydrogen-bond acceptors (Lipinski definition) is 3. The molecule has 1 aromatic heterocycles. The molecule has 2 rings (SSSR count). The normalized spacial score (nSPS) is 14.3. The standard InChI is InChI=1S/C12H18N4O2/c1-3-6-13-12(18)10-9(7-14-16(10)2)15-11(17)8-4-5-8/h7-8H,3-6H2,1-2H3,(H,13,18)(H,15,17). The maximum absolute atomic E-state index is 12.0. The van der Waals surface area contributed by atoms with Gasteiger partial charge in [0.25, 0.3) is 5.91 Å². The van der Waals surface area contributed by atoms with Gasteiger partial charge in [-0.1, -0.05) is 6.92 Å². The van der Waals surface area contributed by atoms with Crippen LogP contribution in [0.15, 0.2) is 6.20 Å². The number of hydrogen-bond donors (Lipinski definition) is 2. The summed E-state index contributed by atoms with van der Waals surface area (Å²) in [7, 11) is 1.69. The van der Waals surface area contributed by atoms with E-state index in [9.17, 15) is 9.59 Å². The van der Waals surface area contributed by atoms with E-state index in [-0.39, 0.29) is 17.7 Å². The number of amides is 2. The van der Waals surface area contributed by atoms with E-state index < -0.39 is 0 Å². The van der Waals surface area contributed by atoms with Crippen LogP contribution in [0.2, 0.25) is 0 Å². The summed E-state index contributed by atoms with van der Waals surface area (Å²) < 4.78 is 1.48. The lowest BCUT2D eigenvalue weighted by molar-refractivity contribution is -0.117. The maximum atomic E-state index is 12.0. The molecule has 0 spiro atoms. The van der Waals surface area contributed by atoms with E-state index >= 15 is 0 Å². The van der Waals surface area contributed by atoms with Gasteiger partial charge in [-0.3, -0.25) is 14.3 Å². The average Bonchev–Trinajstić information content (AvgIpc) is 3.12. The van der Waals surface area contributed by atoms with E-state index in [1.807, 2.05) is 6.92 Å². The van der Waals surface area contributed by atoms with Crippen molar-refractivity contribution < 1.29 is 9.59 Å². The van der Waals surface area contributed by atoms with Crippen LogP contribution in [0.4, 0.5) is 5.69 Å². The first-order valence-electron chi connectivity index (χ1n) is 6.24. The van der Waals surface area contributed by atoms with Gasteiger partial charge >= 0.3 is 0 Å². The molecular weight excluding hydrogens is 232 g/mol. The highest BCUT2D eigenvalue weighted by Gasteiger charge is 2.31. The van der Waals surface area contributed by atoms with Crippen LogP contribution in [0.25, 0.3) is 0 Å². The minimum absolute atomic E-state index is 0.0208. The van der Waals surface area contributed by atoms with E-state index in [2.05, 4.69) is 15.7 Å². The van der Waals surface area contributed by atoms with Crippen molar-refractivity contribution in [3.8, 4) is 0 Å². The second-order valence-corrected chi connectivity index (χ2v) is 4.55. The van der Waals surface area contributed by atoms with Crippen LogP contribution in [0.5, 0.6) is 0 Å². The molecular formula is C12H18N4O2. The third-order valence-electron chi connectivity index (χ3n) is 2.90. The molecule has 2 N–H and O–H groups in total. The van der Waals surface area contributed by atoms with E-state index in [1.54, 1.807) is 7.05 Å².